The number of aliphatic hydroxyl groups is 1. The molecule has 0 spiro atoms. The van der Waals surface area contributed by atoms with Gasteiger partial charge >= 0.3 is 0 Å². The molecule has 7 heteroatoms. The van der Waals surface area contributed by atoms with Gasteiger partial charge in [-0.2, -0.15) is 0 Å². The molecule has 2 heterocycles. The minimum Gasteiger partial charge on any atom is -0.391 e. The highest BCUT2D eigenvalue weighted by Crippen LogP contribution is 2.28. The van der Waals surface area contributed by atoms with Gasteiger partial charge in [-0.25, -0.2) is 4.98 Å². The Morgan fingerprint density at radius 3 is 2.55 bits per heavy atom. The molecule has 3 atom stereocenters. The van der Waals surface area contributed by atoms with Gasteiger partial charge in [0.2, 0.25) is 5.91 Å². The number of likely N-dealkylation sites (tertiary alicyclic amines) is 1. The average molecular weight is 443 g/mol. The summed E-state index contributed by atoms with van der Waals surface area (Å²) in [6.45, 7) is 5.48. The second kappa shape index (κ2) is 10.3. The Balaban J connectivity index is 1.62. The number of amides is 1. The average Bonchev–Trinajstić information content (AvgIpc) is 3.35. The highest BCUT2D eigenvalue weighted by Gasteiger charge is 2.40. The number of aryl methyl sites for hydroxylation is 2. The molecule has 3 rings (SSSR count). The third-order valence-electron chi connectivity index (χ3n) is 5.93. The summed E-state index contributed by atoms with van der Waals surface area (Å²) in [6, 6.07) is 7.52. The van der Waals surface area contributed by atoms with Crippen molar-refractivity contribution in [1.82, 2.24) is 9.88 Å². The Hall–Kier alpha value is -2.38. The number of rotatable bonds is 9. The molecule has 0 saturated carbocycles. The van der Waals surface area contributed by atoms with Crippen molar-refractivity contribution in [2.45, 2.75) is 65.0 Å². The molecule has 0 radical (unpaired) electrons. The summed E-state index contributed by atoms with van der Waals surface area (Å²) in [6.07, 6.45) is 1.18. The van der Waals surface area contributed by atoms with E-state index in [1.807, 2.05) is 43.6 Å². The number of hydrogen-bond donors (Lipinski definition) is 1. The highest BCUT2D eigenvalue weighted by molar-refractivity contribution is 7.13. The van der Waals surface area contributed by atoms with Crippen molar-refractivity contribution in [3.05, 3.63) is 41.0 Å². The van der Waals surface area contributed by atoms with Crippen molar-refractivity contribution in [3.63, 3.8) is 0 Å². The zero-order valence-electron chi connectivity index (χ0n) is 18.3. The second-order valence-electron chi connectivity index (χ2n) is 8.34. The predicted molar refractivity (Wildman–Crippen MR) is 121 cm³/mol. The summed E-state index contributed by atoms with van der Waals surface area (Å²) >= 11 is 1.61. The first-order valence-electron chi connectivity index (χ1n) is 10.8. The van der Waals surface area contributed by atoms with E-state index in [1.165, 1.54) is 11.8 Å². The first-order valence-corrected chi connectivity index (χ1v) is 11.7. The van der Waals surface area contributed by atoms with Gasteiger partial charge in [0.25, 0.3) is 0 Å². The molecule has 1 saturated heterocycles. The molecule has 2 aromatic rings. The van der Waals surface area contributed by atoms with E-state index >= 15 is 0 Å². The Morgan fingerprint density at radius 2 is 1.97 bits per heavy atom. The third kappa shape index (κ3) is 5.66. The molecule has 6 nitrogen and oxygen atoms in total. The van der Waals surface area contributed by atoms with Crippen LogP contribution in [0.15, 0.2) is 29.8 Å². The molecule has 1 aliphatic heterocycles. The number of thiazole rings is 1. The Morgan fingerprint density at radius 1 is 1.26 bits per heavy atom. The third-order valence-corrected chi connectivity index (χ3v) is 6.91. The molecule has 31 heavy (non-hydrogen) atoms. The van der Waals surface area contributed by atoms with Crippen LogP contribution in [0.5, 0.6) is 0 Å². The van der Waals surface area contributed by atoms with E-state index in [1.54, 1.807) is 11.3 Å². The molecule has 1 aromatic carbocycles. The monoisotopic (exact) mass is 442 g/mol. The molecule has 0 bridgehead atoms. The van der Waals surface area contributed by atoms with Gasteiger partial charge in [-0.05, 0) is 37.8 Å². The lowest BCUT2D eigenvalue weighted by molar-refractivity contribution is -0.142. The van der Waals surface area contributed by atoms with Crippen molar-refractivity contribution in [1.29, 1.82) is 0 Å². The van der Waals surface area contributed by atoms with Crippen LogP contribution < -0.4 is 0 Å². The number of ketones is 2. The molecule has 1 fully saturated rings. The van der Waals surface area contributed by atoms with E-state index in [4.69, 9.17) is 0 Å². The minimum atomic E-state index is -0.699. The van der Waals surface area contributed by atoms with Crippen LogP contribution in [0.1, 0.15) is 50.8 Å². The number of β-amino-alcohol motifs (C(OH)–C–C–N with tert-alkyl or cyclic N) is 1. The van der Waals surface area contributed by atoms with Crippen LogP contribution in [0, 0.1) is 12.8 Å². The summed E-state index contributed by atoms with van der Waals surface area (Å²) in [4.78, 5) is 44.3. The highest BCUT2D eigenvalue weighted by atomic mass is 32.1. The predicted octanol–water partition coefficient (Wildman–Crippen LogP) is 3.59. The van der Waals surface area contributed by atoms with Gasteiger partial charge < -0.3 is 14.8 Å². The summed E-state index contributed by atoms with van der Waals surface area (Å²) in [5.41, 5.74) is 5.01. The quantitative estimate of drug-likeness (QED) is 0.641. The van der Waals surface area contributed by atoms with E-state index < -0.39 is 18.1 Å². The molecule has 1 aliphatic rings. The lowest BCUT2D eigenvalue weighted by atomic mass is 9.96. The van der Waals surface area contributed by atoms with Crippen LogP contribution in [-0.4, -0.2) is 51.2 Å². The van der Waals surface area contributed by atoms with Crippen LogP contribution in [0.3, 0.4) is 0 Å². The summed E-state index contributed by atoms with van der Waals surface area (Å²) in [5, 5.41) is 10.1. The van der Waals surface area contributed by atoms with Gasteiger partial charge in [0, 0.05) is 31.7 Å². The zero-order chi connectivity index (χ0) is 22.5. The number of Topliss-reactive ketones (excluding diaryl/α,β-unsaturated/α-hetero) is 2. The number of aliphatic hydroxyl groups excluding tert-OH is 1. The van der Waals surface area contributed by atoms with Crippen molar-refractivity contribution in [3.8, 4) is 10.4 Å². The van der Waals surface area contributed by atoms with Gasteiger partial charge in [-0.15, -0.1) is 11.3 Å². The smallest absolute Gasteiger partial charge is 0.226 e. The molecular formula is C24H30N2O4S. The number of carbonyl (C=O) groups excluding carboxylic acids is 3. The summed E-state index contributed by atoms with van der Waals surface area (Å²) < 4.78 is 0. The van der Waals surface area contributed by atoms with Crippen molar-refractivity contribution in [2.75, 3.05) is 6.54 Å². The number of nitrogens with zero attached hydrogens (tertiary/aromatic N) is 2. The maximum atomic E-state index is 12.9. The molecule has 166 valence electrons. The zero-order valence-corrected chi connectivity index (χ0v) is 19.2. The summed E-state index contributed by atoms with van der Waals surface area (Å²) in [7, 11) is 0. The van der Waals surface area contributed by atoms with Crippen molar-refractivity contribution in [2.24, 2.45) is 5.92 Å². The fourth-order valence-corrected chi connectivity index (χ4v) is 5.00. The van der Waals surface area contributed by atoms with Gasteiger partial charge in [-0.1, -0.05) is 31.2 Å². The Kier molecular flexibility index (Phi) is 7.73. The van der Waals surface area contributed by atoms with Crippen molar-refractivity contribution < 1.29 is 19.5 Å². The van der Waals surface area contributed by atoms with Gasteiger partial charge in [-0.3, -0.25) is 9.59 Å². The Labute approximate surface area is 187 Å². The van der Waals surface area contributed by atoms with E-state index in [2.05, 4.69) is 4.98 Å². The number of carbonyl (C=O) groups is 3. The number of hydrogen-bond acceptors (Lipinski definition) is 6. The molecular weight excluding hydrogens is 412 g/mol. The Bertz CT molecular complexity index is 937. The van der Waals surface area contributed by atoms with Gasteiger partial charge in [0.1, 0.15) is 5.78 Å². The van der Waals surface area contributed by atoms with Crippen LogP contribution in [0.25, 0.3) is 10.4 Å². The molecule has 1 amide bonds. The second-order valence-corrected chi connectivity index (χ2v) is 9.19. The van der Waals surface area contributed by atoms with Gasteiger partial charge in [0.05, 0.1) is 28.2 Å². The molecule has 0 aliphatic carbocycles. The van der Waals surface area contributed by atoms with Crippen LogP contribution in [0.2, 0.25) is 0 Å². The maximum absolute atomic E-state index is 12.9. The van der Waals surface area contributed by atoms with Gasteiger partial charge in [0.15, 0.2) is 5.78 Å². The molecule has 1 N–H and O–H groups in total. The van der Waals surface area contributed by atoms with Crippen LogP contribution in [0.4, 0.5) is 0 Å². The summed E-state index contributed by atoms with van der Waals surface area (Å²) in [5.74, 6) is -0.706. The molecule has 1 aromatic heterocycles. The standard InChI is InChI=1S/C24H30N2O4S/c1-4-18(11-15(2)27)24(30)26-13-20(28)12-21(26)22(29)10-7-17-5-8-19(9-6-17)23-16(3)25-14-31-23/h5-6,8-9,14,18,20-21,28H,4,7,10-13H2,1-3H3/t18-,20-,21+/m1/s1. The fraction of sp³-hybridized carbons (Fsp3) is 0.500. The van der Waals surface area contributed by atoms with Crippen LogP contribution in [-0.2, 0) is 20.8 Å². The topological polar surface area (TPSA) is 87.6 Å². The minimum absolute atomic E-state index is 0.0371. The number of aromatic nitrogens is 1. The lowest BCUT2D eigenvalue weighted by Gasteiger charge is -2.27. The first kappa shape index (κ1) is 23.3. The lowest BCUT2D eigenvalue weighted by Crippen LogP contribution is -2.44. The first-order chi connectivity index (χ1) is 14.8. The largest absolute Gasteiger partial charge is 0.391 e. The van der Waals surface area contributed by atoms with E-state index in [0.717, 1.165) is 21.7 Å². The normalized spacial score (nSPS) is 19.4. The molecule has 0 unspecified atom stereocenters. The maximum Gasteiger partial charge on any atom is 0.226 e. The van der Waals surface area contributed by atoms with Crippen LogP contribution >= 0.6 is 11.3 Å². The van der Waals surface area contributed by atoms with E-state index in [-0.39, 0.29) is 36.9 Å². The van der Waals surface area contributed by atoms with E-state index in [0.29, 0.717) is 19.3 Å². The van der Waals surface area contributed by atoms with Crippen molar-refractivity contribution >= 4 is 28.8 Å². The fourth-order valence-electron chi connectivity index (χ4n) is 4.19. The SMILES string of the molecule is CC[C@H](CC(C)=O)C(=O)N1C[C@H](O)C[C@H]1C(=O)CCc1ccc(-c2scnc2C)cc1. The van der Waals surface area contributed by atoms with E-state index in [9.17, 15) is 19.5 Å². The number of benzene rings is 1.